The Morgan fingerprint density at radius 1 is 1.39 bits per heavy atom. The summed E-state index contributed by atoms with van der Waals surface area (Å²) in [6.45, 7) is 4.63. The molecule has 2 aliphatic rings. The average molecular weight is 538 g/mol. The Morgan fingerprint density at radius 2 is 2.14 bits per heavy atom. The number of carbonyl (C=O) groups excluding carboxylic acids is 4. The predicted molar refractivity (Wildman–Crippen MR) is 133 cm³/mol. The Morgan fingerprint density at radius 3 is 2.75 bits per heavy atom. The van der Waals surface area contributed by atoms with Gasteiger partial charge in [0.15, 0.2) is 10.8 Å². The molecule has 1 fully saturated rings. The fraction of sp³-hybridized carbons (Fsp3) is 0.455. The molecule has 0 saturated carbocycles. The number of carbonyl (C=O) groups is 4. The zero-order valence-corrected chi connectivity index (χ0v) is 21.8. The summed E-state index contributed by atoms with van der Waals surface area (Å²) in [6, 6.07) is -0.921. The summed E-state index contributed by atoms with van der Waals surface area (Å²) in [5, 5.41) is 7.62. The molecule has 14 heteroatoms. The van der Waals surface area contributed by atoms with Gasteiger partial charge in [-0.2, -0.15) is 0 Å². The second kappa shape index (κ2) is 12.0. The highest BCUT2D eigenvalue weighted by molar-refractivity contribution is 8.00. The molecule has 0 aromatic carbocycles. The number of esters is 2. The maximum Gasteiger partial charge on any atom is 0.358 e. The van der Waals surface area contributed by atoms with E-state index in [-0.39, 0.29) is 22.2 Å². The van der Waals surface area contributed by atoms with Crippen LogP contribution in [-0.2, 0) is 33.5 Å². The average Bonchev–Trinajstić information content (AvgIpc) is 3.25. The Labute approximate surface area is 215 Å². The molecule has 36 heavy (non-hydrogen) atoms. The number of fused-ring (bicyclic) bond motifs is 1. The number of β-lactam (4-membered cyclic amide) rings is 1. The van der Waals surface area contributed by atoms with Crippen molar-refractivity contribution in [3.8, 4) is 0 Å². The van der Waals surface area contributed by atoms with Gasteiger partial charge in [0.05, 0.1) is 0 Å². The molecule has 1 aromatic heterocycles. The van der Waals surface area contributed by atoms with Crippen LogP contribution in [0, 0.1) is 0 Å². The van der Waals surface area contributed by atoms with Crippen molar-refractivity contribution in [3.05, 3.63) is 34.5 Å². The van der Waals surface area contributed by atoms with Gasteiger partial charge in [0, 0.05) is 25.0 Å². The molecule has 0 bridgehead atoms. The third-order valence-corrected chi connectivity index (χ3v) is 7.00. The van der Waals surface area contributed by atoms with Crippen LogP contribution < -0.4 is 11.1 Å². The van der Waals surface area contributed by atoms with E-state index in [2.05, 4.69) is 15.5 Å². The van der Waals surface area contributed by atoms with Gasteiger partial charge < -0.3 is 25.4 Å². The normalized spacial score (nSPS) is 20.5. The number of allylic oxidation sites excluding steroid dienone is 2. The van der Waals surface area contributed by atoms with Crippen LogP contribution in [0.2, 0.25) is 0 Å². The minimum absolute atomic E-state index is 0.0543. The van der Waals surface area contributed by atoms with Crippen LogP contribution in [-0.4, -0.2) is 69.9 Å². The molecule has 0 spiro atoms. The molecule has 3 unspecified atom stereocenters. The lowest BCUT2D eigenvalue weighted by molar-refractivity contribution is -0.182. The SMILES string of the molecule is CCC/C=C\C1=C(C(=O)OC(C)OC(C)=O)N2C(=O)C(NC(=O)/C(=N\OC)c3csc(N)n3)C2SC1. The smallest absolute Gasteiger partial charge is 0.358 e. The van der Waals surface area contributed by atoms with E-state index < -0.39 is 41.5 Å². The summed E-state index contributed by atoms with van der Waals surface area (Å²) in [7, 11) is 1.28. The summed E-state index contributed by atoms with van der Waals surface area (Å²) in [4.78, 5) is 60.4. The molecule has 0 aliphatic carbocycles. The third kappa shape index (κ3) is 6.05. The van der Waals surface area contributed by atoms with Crippen molar-refractivity contribution in [1.82, 2.24) is 15.2 Å². The van der Waals surface area contributed by atoms with Crippen molar-refractivity contribution in [2.45, 2.75) is 51.3 Å². The number of nitrogens with one attached hydrogen (secondary N) is 1. The van der Waals surface area contributed by atoms with E-state index in [1.54, 1.807) is 11.5 Å². The van der Waals surface area contributed by atoms with E-state index in [9.17, 15) is 19.2 Å². The van der Waals surface area contributed by atoms with Crippen molar-refractivity contribution in [2.75, 3.05) is 18.6 Å². The van der Waals surface area contributed by atoms with Gasteiger partial charge in [-0.3, -0.25) is 19.3 Å². The molecule has 1 saturated heterocycles. The summed E-state index contributed by atoms with van der Waals surface area (Å²) >= 11 is 2.52. The van der Waals surface area contributed by atoms with Crippen molar-refractivity contribution >= 4 is 57.7 Å². The van der Waals surface area contributed by atoms with Crippen LogP contribution in [0.5, 0.6) is 0 Å². The monoisotopic (exact) mass is 537 g/mol. The first-order chi connectivity index (χ1) is 17.2. The molecule has 194 valence electrons. The number of thioether (sulfide) groups is 1. The van der Waals surface area contributed by atoms with E-state index in [1.165, 1.54) is 37.6 Å². The van der Waals surface area contributed by atoms with Gasteiger partial charge >= 0.3 is 11.9 Å². The Bertz CT molecular complexity index is 1130. The van der Waals surface area contributed by atoms with Crippen LogP contribution in [0.3, 0.4) is 0 Å². The van der Waals surface area contributed by atoms with Gasteiger partial charge in [0.25, 0.3) is 11.8 Å². The van der Waals surface area contributed by atoms with Crippen LogP contribution in [0.4, 0.5) is 5.13 Å². The number of amides is 2. The van der Waals surface area contributed by atoms with E-state index in [4.69, 9.17) is 20.0 Å². The van der Waals surface area contributed by atoms with Crippen molar-refractivity contribution in [1.29, 1.82) is 0 Å². The topological polar surface area (TPSA) is 163 Å². The largest absolute Gasteiger partial charge is 0.426 e. The second-order valence-electron chi connectivity index (χ2n) is 7.70. The summed E-state index contributed by atoms with van der Waals surface area (Å²) < 4.78 is 10.2. The van der Waals surface area contributed by atoms with Gasteiger partial charge in [-0.05, 0) is 12.0 Å². The lowest BCUT2D eigenvalue weighted by atomic mass is 10.0. The fourth-order valence-corrected chi connectivity index (χ4v) is 5.38. The maximum atomic E-state index is 13.1. The highest BCUT2D eigenvalue weighted by atomic mass is 32.2. The minimum Gasteiger partial charge on any atom is -0.426 e. The van der Waals surface area contributed by atoms with E-state index in [1.807, 2.05) is 13.0 Å². The number of oxime groups is 1. The lowest BCUT2D eigenvalue weighted by Crippen LogP contribution is -2.71. The fourth-order valence-electron chi connectivity index (χ4n) is 3.52. The number of hydrogen-bond acceptors (Lipinski definition) is 12. The molecule has 1 aromatic rings. The molecule has 2 aliphatic heterocycles. The number of rotatable bonds is 10. The Hall–Kier alpha value is -3.39. The predicted octanol–water partition coefficient (Wildman–Crippen LogP) is 1.54. The van der Waals surface area contributed by atoms with Crippen molar-refractivity contribution < 1.29 is 33.5 Å². The number of nitrogen functional groups attached to an aromatic ring is 1. The van der Waals surface area contributed by atoms with E-state index in [0.29, 0.717) is 11.3 Å². The van der Waals surface area contributed by atoms with E-state index in [0.717, 1.165) is 24.2 Å². The summed E-state index contributed by atoms with van der Waals surface area (Å²) in [5.41, 5.74) is 6.39. The highest BCUT2D eigenvalue weighted by Crippen LogP contribution is 2.41. The van der Waals surface area contributed by atoms with Crippen molar-refractivity contribution in [2.24, 2.45) is 5.16 Å². The van der Waals surface area contributed by atoms with Crippen LogP contribution in [0.1, 0.15) is 39.3 Å². The lowest BCUT2D eigenvalue weighted by Gasteiger charge is -2.49. The first-order valence-corrected chi connectivity index (χ1v) is 13.0. The minimum atomic E-state index is -1.14. The standard InChI is InChI=1S/C22H27N5O7S2/c1-5-6-7-8-13-9-35-20-16(25-18(29)15(26-32-4)14-10-36-22(23)24-14)19(30)27(20)17(13)21(31)34-12(3)33-11(2)28/h7-8,10,12,16,20H,5-6,9H2,1-4H3,(H2,23,24)(H,25,29)/b8-7-,26-15-. The van der Waals surface area contributed by atoms with Gasteiger partial charge in [0.1, 0.15) is 29.9 Å². The molecular formula is C22H27N5O7S2. The molecule has 3 atom stereocenters. The van der Waals surface area contributed by atoms with Crippen LogP contribution in [0.15, 0.2) is 34.0 Å². The van der Waals surface area contributed by atoms with Gasteiger partial charge in [-0.15, -0.1) is 23.1 Å². The zero-order chi connectivity index (χ0) is 26.4. The van der Waals surface area contributed by atoms with Crippen LogP contribution in [0.25, 0.3) is 0 Å². The number of unbranched alkanes of at least 4 members (excludes halogenated alkanes) is 1. The van der Waals surface area contributed by atoms with Crippen LogP contribution >= 0.6 is 23.1 Å². The van der Waals surface area contributed by atoms with Gasteiger partial charge in [-0.1, -0.05) is 30.7 Å². The number of aromatic nitrogens is 1. The first kappa shape index (κ1) is 27.2. The number of nitrogens with two attached hydrogens (primary N) is 1. The van der Waals surface area contributed by atoms with Gasteiger partial charge in [0.2, 0.25) is 6.29 Å². The molecule has 0 radical (unpaired) electrons. The Kier molecular flexibility index (Phi) is 9.09. The molecule has 3 N–H and O–H groups in total. The first-order valence-electron chi connectivity index (χ1n) is 11.0. The van der Waals surface area contributed by atoms with E-state index >= 15 is 0 Å². The zero-order valence-electron chi connectivity index (χ0n) is 20.2. The molecule has 12 nitrogen and oxygen atoms in total. The molecule has 2 amide bonds. The number of hydrogen-bond donors (Lipinski definition) is 2. The molecule has 3 rings (SSSR count). The number of nitrogens with zero attached hydrogens (tertiary/aromatic N) is 3. The summed E-state index contributed by atoms with van der Waals surface area (Å²) in [5.74, 6) is -2.19. The highest BCUT2D eigenvalue weighted by Gasteiger charge is 2.54. The molecule has 3 heterocycles. The number of anilines is 1. The maximum absolute atomic E-state index is 13.1. The summed E-state index contributed by atoms with van der Waals surface area (Å²) in [6.07, 6.45) is 4.26. The quantitative estimate of drug-likeness (QED) is 0.147. The second-order valence-corrected chi connectivity index (χ2v) is 9.70. The Balaban J connectivity index is 1.82. The number of thiazole rings is 1. The molecular weight excluding hydrogens is 510 g/mol. The van der Waals surface area contributed by atoms with Gasteiger partial charge in [-0.25, -0.2) is 9.78 Å². The number of ether oxygens (including phenoxy) is 2. The van der Waals surface area contributed by atoms with Crippen molar-refractivity contribution in [3.63, 3.8) is 0 Å². The third-order valence-electron chi connectivity index (χ3n) is 5.02.